The molecule has 10 heteroatoms. The number of hydrogen-bond acceptors (Lipinski definition) is 8. The molecule has 1 aromatic rings. The van der Waals surface area contributed by atoms with E-state index < -0.39 is 37.0 Å². The summed E-state index contributed by atoms with van der Waals surface area (Å²) in [6.07, 6.45) is -7.53. The van der Waals surface area contributed by atoms with Crippen molar-refractivity contribution >= 4 is 35.5 Å². The van der Waals surface area contributed by atoms with Crippen molar-refractivity contribution in [3.8, 4) is 5.75 Å². The highest BCUT2D eigenvalue weighted by Gasteiger charge is 2.31. The second-order valence-corrected chi connectivity index (χ2v) is 5.53. The number of methoxy groups -OCH3 is 1. The maximum absolute atomic E-state index is 12.1. The van der Waals surface area contributed by atoms with E-state index >= 15 is 0 Å². The van der Waals surface area contributed by atoms with E-state index in [0.29, 0.717) is 0 Å². The molecule has 1 rings (SSSR count). The van der Waals surface area contributed by atoms with Gasteiger partial charge in [0.1, 0.15) is 36.6 Å². The minimum absolute atomic E-state index is 0.00676. The first-order valence-corrected chi connectivity index (χ1v) is 7.36. The molecule has 0 saturated heterocycles. The molecule has 0 heterocycles. The summed E-state index contributed by atoms with van der Waals surface area (Å²) < 4.78 is 9.78. The minimum Gasteiger partial charge on any atom is -0.494 e. The van der Waals surface area contributed by atoms with Gasteiger partial charge in [-0.3, -0.25) is 0 Å². The van der Waals surface area contributed by atoms with Gasteiger partial charge in [-0.25, -0.2) is 4.79 Å². The summed E-state index contributed by atoms with van der Waals surface area (Å²) >= 11 is 11.8. The van der Waals surface area contributed by atoms with Crippen LogP contribution in [-0.2, 0) is 9.53 Å². The lowest BCUT2D eigenvalue weighted by atomic mass is 10.0. The summed E-state index contributed by atoms with van der Waals surface area (Å²) in [5.74, 6) is -1.02. The topological polar surface area (TPSA) is 134 Å². The minimum atomic E-state index is -1.94. The molecule has 0 saturated carbocycles. The number of aliphatic hydroxyl groups excluding tert-OH is 4. The Morgan fingerprint density at radius 2 is 1.75 bits per heavy atom. The van der Waals surface area contributed by atoms with Gasteiger partial charge in [-0.2, -0.15) is 0 Å². The largest absolute Gasteiger partial charge is 0.494 e. The highest BCUT2D eigenvalue weighted by molar-refractivity contribution is 6.37. The molecular weight excluding hydrogens is 367 g/mol. The molecule has 0 aromatic heterocycles. The molecule has 8 nitrogen and oxygen atoms in total. The Kier molecular flexibility index (Phi) is 7.88. The van der Waals surface area contributed by atoms with Crippen molar-refractivity contribution in [1.29, 1.82) is 0 Å². The predicted octanol–water partition coefficient (Wildman–Crippen LogP) is -0.199. The zero-order chi connectivity index (χ0) is 18.4. The van der Waals surface area contributed by atoms with Crippen molar-refractivity contribution in [2.24, 2.45) is 0 Å². The fraction of sp³-hybridized carbons (Fsp3) is 0.429. The third-order valence-corrected chi connectivity index (χ3v) is 3.70. The van der Waals surface area contributed by atoms with Crippen LogP contribution in [0.4, 0.5) is 0 Å². The Morgan fingerprint density at radius 3 is 2.29 bits per heavy atom. The number of carbonyl (C=O) groups excluding carboxylic acids is 2. The summed E-state index contributed by atoms with van der Waals surface area (Å²) in [6.45, 7) is -0.741. The number of aldehydes is 1. The van der Waals surface area contributed by atoms with Gasteiger partial charge < -0.3 is 34.7 Å². The molecule has 134 valence electrons. The van der Waals surface area contributed by atoms with E-state index in [4.69, 9.17) is 37.8 Å². The number of halogens is 2. The van der Waals surface area contributed by atoms with E-state index in [2.05, 4.69) is 0 Å². The maximum Gasteiger partial charge on any atom is 0.343 e. The molecular formula is C14H16Cl2O8. The van der Waals surface area contributed by atoms with E-state index in [-0.39, 0.29) is 27.6 Å². The van der Waals surface area contributed by atoms with Crippen LogP contribution in [0.5, 0.6) is 5.75 Å². The van der Waals surface area contributed by atoms with Gasteiger partial charge in [-0.1, -0.05) is 23.2 Å². The predicted molar refractivity (Wildman–Crippen MR) is 83.4 cm³/mol. The molecule has 0 aliphatic heterocycles. The Morgan fingerprint density at radius 1 is 1.17 bits per heavy atom. The average molecular weight is 383 g/mol. The van der Waals surface area contributed by atoms with Gasteiger partial charge in [0, 0.05) is 0 Å². The fourth-order valence-electron chi connectivity index (χ4n) is 1.76. The first-order valence-electron chi connectivity index (χ1n) is 6.61. The first-order chi connectivity index (χ1) is 11.2. The van der Waals surface area contributed by atoms with Crippen LogP contribution in [-0.4, -0.2) is 70.8 Å². The van der Waals surface area contributed by atoms with Gasteiger partial charge in [0.2, 0.25) is 0 Å². The van der Waals surface area contributed by atoms with Gasteiger partial charge in [0.25, 0.3) is 0 Å². The van der Waals surface area contributed by atoms with E-state index in [0.717, 1.165) is 0 Å². The van der Waals surface area contributed by atoms with Crippen LogP contribution in [0.15, 0.2) is 12.1 Å². The van der Waals surface area contributed by atoms with Crippen LogP contribution in [0, 0.1) is 0 Å². The smallest absolute Gasteiger partial charge is 0.343 e. The molecule has 0 unspecified atom stereocenters. The van der Waals surface area contributed by atoms with Gasteiger partial charge in [-0.15, -0.1) is 0 Å². The standard InChI is InChI=1S/C14H16Cl2O8/c1-23-13-7(16)3-2-6(15)10(13)14(22)24-5-9(19)12(21)11(20)8(18)4-17/h2-4,8-9,11-12,18-21H,5H2,1H3/t8-,9-,11-,12-/m1/s1. The van der Waals surface area contributed by atoms with Crippen molar-refractivity contribution in [2.75, 3.05) is 13.7 Å². The zero-order valence-electron chi connectivity index (χ0n) is 12.4. The summed E-state index contributed by atoms with van der Waals surface area (Å²) in [6, 6.07) is 2.76. The van der Waals surface area contributed by atoms with Gasteiger partial charge in [-0.05, 0) is 12.1 Å². The molecule has 1 aromatic carbocycles. The van der Waals surface area contributed by atoms with Crippen LogP contribution in [0.1, 0.15) is 10.4 Å². The Bertz CT molecular complexity index is 594. The third-order valence-electron chi connectivity index (χ3n) is 3.09. The molecule has 0 fully saturated rings. The Balaban J connectivity index is 2.80. The SMILES string of the molecule is COc1c(Cl)ccc(Cl)c1C(=O)OC[C@@H](O)[C@@H](O)[C@H](O)[C@H](O)C=O. The molecule has 24 heavy (non-hydrogen) atoms. The van der Waals surface area contributed by atoms with Crippen molar-refractivity contribution < 1.29 is 39.5 Å². The Hall–Kier alpha value is -1.42. The van der Waals surface area contributed by atoms with Crippen molar-refractivity contribution in [2.45, 2.75) is 24.4 Å². The molecule has 0 amide bonds. The molecule has 0 aliphatic rings. The van der Waals surface area contributed by atoms with E-state index in [1.165, 1.54) is 19.2 Å². The van der Waals surface area contributed by atoms with Crippen molar-refractivity contribution in [3.63, 3.8) is 0 Å². The molecule has 0 spiro atoms. The normalized spacial score (nSPS) is 16.0. The third kappa shape index (κ3) is 4.79. The summed E-state index contributed by atoms with van der Waals surface area (Å²) in [4.78, 5) is 22.4. The lowest BCUT2D eigenvalue weighted by molar-refractivity contribution is -0.136. The highest BCUT2D eigenvalue weighted by Crippen LogP contribution is 2.34. The van der Waals surface area contributed by atoms with Crippen LogP contribution < -0.4 is 4.74 Å². The van der Waals surface area contributed by atoms with Crippen molar-refractivity contribution in [3.05, 3.63) is 27.7 Å². The molecule has 4 atom stereocenters. The quantitative estimate of drug-likeness (QED) is 0.358. The summed E-state index contributed by atoms with van der Waals surface area (Å²) in [5.41, 5.74) is -0.179. The second-order valence-electron chi connectivity index (χ2n) is 4.71. The van der Waals surface area contributed by atoms with Crippen LogP contribution in [0.25, 0.3) is 0 Å². The first kappa shape index (κ1) is 20.6. The fourth-order valence-corrected chi connectivity index (χ4v) is 2.23. The number of esters is 1. The van der Waals surface area contributed by atoms with Crippen LogP contribution in [0.3, 0.4) is 0 Å². The monoisotopic (exact) mass is 382 g/mol. The number of benzene rings is 1. The number of aliphatic hydroxyl groups is 4. The average Bonchev–Trinajstić information content (AvgIpc) is 2.58. The lowest BCUT2D eigenvalue weighted by Gasteiger charge is -2.24. The zero-order valence-corrected chi connectivity index (χ0v) is 13.9. The van der Waals surface area contributed by atoms with Gasteiger partial charge >= 0.3 is 5.97 Å². The number of rotatable bonds is 8. The van der Waals surface area contributed by atoms with Crippen molar-refractivity contribution in [1.82, 2.24) is 0 Å². The molecule has 0 radical (unpaired) electrons. The van der Waals surface area contributed by atoms with E-state index in [9.17, 15) is 24.9 Å². The van der Waals surface area contributed by atoms with Gasteiger partial charge in [0.15, 0.2) is 12.0 Å². The summed E-state index contributed by atoms with van der Waals surface area (Å²) in [7, 11) is 1.27. The van der Waals surface area contributed by atoms with Gasteiger partial charge in [0.05, 0.1) is 17.2 Å². The molecule has 0 bridgehead atoms. The van der Waals surface area contributed by atoms with Crippen LogP contribution >= 0.6 is 23.2 Å². The second kappa shape index (κ2) is 9.16. The number of hydrogen-bond donors (Lipinski definition) is 4. The van der Waals surface area contributed by atoms with Crippen LogP contribution in [0.2, 0.25) is 10.0 Å². The number of carbonyl (C=O) groups is 2. The summed E-state index contributed by atoms with van der Waals surface area (Å²) in [5, 5.41) is 37.9. The maximum atomic E-state index is 12.1. The lowest BCUT2D eigenvalue weighted by Crippen LogP contribution is -2.46. The number of ether oxygens (including phenoxy) is 2. The van der Waals surface area contributed by atoms with E-state index in [1.807, 2.05) is 0 Å². The molecule has 0 aliphatic carbocycles. The van der Waals surface area contributed by atoms with E-state index in [1.54, 1.807) is 0 Å². The Labute approximate surface area is 147 Å². The molecule has 4 N–H and O–H groups in total. The highest BCUT2D eigenvalue weighted by atomic mass is 35.5.